The second kappa shape index (κ2) is 6.69. The van der Waals surface area contributed by atoms with E-state index in [2.05, 4.69) is 52.1 Å². The van der Waals surface area contributed by atoms with Crippen molar-refractivity contribution in [1.82, 2.24) is 5.32 Å². The largest absolute Gasteiger partial charge is 0.392 e. The predicted octanol–water partition coefficient (Wildman–Crippen LogP) is 3.54. The van der Waals surface area contributed by atoms with E-state index in [0.717, 1.165) is 13.0 Å². The van der Waals surface area contributed by atoms with Crippen molar-refractivity contribution in [2.45, 2.75) is 59.1 Å². The van der Waals surface area contributed by atoms with Gasteiger partial charge in [0.25, 0.3) is 0 Å². The molecule has 2 nitrogen and oxygen atoms in total. The maximum absolute atomic E-state index is 9.77. The maximum Gasteiger partial charge on any atom is 0.0667 e. The van der Waals surface area contributed by atoms with Crippen LogP contribution >= 0.6 is 11.3 Å². The van der Waals surface area contributed by atoms with Crippen molar-refractivity contribution < 1.29 is 5.11 Å². The fourth-order valence-electron chi connectivity index (χ4n) is 1.87. The first kappa shape index (κ1) is 15.7. The number of aliphatic hydroxyl groups excluding tert-OH is 1. The molecule has 0 aliphatic heterocycles. The molecule has 2 N–H and O–H groups in total. The Kier molecular flexibility index (Phi) is 5.83. The van der Waals surface area contributed by atoms with Gasteiger partial charge in [0, 0.05) is 22.8 Å². The van der Waals surface area contributed by atoms with Crippen molar-refractivity contribution in [3.05, 3.63) is 21.9 Å². The summed E-state index contributed by atoms with van der Waals surface area (Å²) in [5.41, 5.74) is 0.236. The van der Waals surface area contributed by atoms with E-state index in [9.17, 15) is 5.11 Å². The molecule has 0 radical (unpaired) electrons. The molecule has 0 saturated carbocycles. The molecule has 0 bridgehead atoms. The third-order valence-electron chi connectivity index (χ3n) is 2.82. The SMILES string of the molecule is CC(C)CC(O)CNCc1ccc(C(C)(C)C)s1. The normalized spacial score (nSPS) is 14.2. The molecule has 1 heterocycles. The van der Waals surface area contributed by atoms with Crippen molar-refractivity contribution in [1.29, 1.82) is 0 Å². The molecule has 1 rings (SSSR count). The second-order valence-corrected chi connectivity index (χ2v) is 7.60. The summed E-state index contributed by atoms with van der Waals surface area (Å²) in [6, 6.07) is 4.40. The Morgan fingerprint density at radius 2 is 1.94 bits per heavy atom. The first-order valence-electron chi connectivity index (χ1n) is 6.77. The molecule has 0 aliphatic carbocycles. The first-order chi connectivity index (χ1) is 8.29. The summed E-state index contributed by atoms with van der Waals surface area (Å²) in [5.74, 6) is 0.552. The minimum absolute atomic E-state index is 0.230. The minimum Gasteiger partial charge on any atom is -0.392 e. The van der Waals surface area contributed by atoms with E-state index in [1.807, 2.05) is 11.3 Å². The van der Waals surface area contributed by atoms with Gasteiger partial charge in [0.15, 0.2) is 0 Å². The fraction of sp³-hybridized carbons (Fsp3) is 0.733. The number of hydrogen-bond donors (Lipinski definition) is 2. The molecule has 3 heteroatoms. The molecule has 0 aromatic carbocycles. The lowest BCUT2D eigenvalue weighted by molar-refractivity contribution is 0.146. The van der Waals surface area contributed by atoms with Gasteiger partial charge in [-0.05, 0) is 29.9 Å². The molecule has 1 aromatic heterocycles. The first-order valence-corrected chi connectivity index (χ1v) is 7.58. The number of hydrogen-bond acceptors (Lipinski definition) is 3. The lowest BCUT2D eigenvalue weighted by Gasteiger charge is -2.15. The van der Waals surface area contributed by atoms with Gasteiger partial charge in [-0.2, -0.15) is 0 Å². The van der Waals surface area contributed by atoms with E-state index in [0.29, 0.717) is 12.5 Å². The molecule has 0 amide bonds. The molecular formula is C15H27NOS. The highest BCUT2D eigenvalue weighted by molar-refractivity contribution is 7.12. The standard InChI is InChI=1S/C15H27NOS/c1-11(2)8-12(17)9-16-10-13-6-7-14(18-13)15(3,4)5/h6-7,11-12,16-17H,8-10H2,1-5H3. The van der Waals surface area contributed by atoms with E-state index in [1.54, 1.807) is 0 Å². The molecule has 0 aliphatic rings. The molecule has 1 atom stereocenters. The summed E-state index contributed by atoms with van der Waals surface area (Å²) in [6.07, 6.45) is 0.636. The van der Waals surface area contributed by atoms with Gasteiger partial charge in [0.05, 0.1) is 6.10 Å². The van der Waals surface area contributed by atoms with Crippen LogP contribution in [0.5, 0.6) is 0 Å². The zero-order chi connectivity index (χ0) is 13.8. The summed E-state index contributed by atoms with van der Waals surface area (Å²) < 4.78 is 0. The van der Waals surface area contributed by atoms with E-state index in [4.69, 9.17) is 0 Å². The van der Waals surface area contributed by atoms with Gasteiger partial charge in [-0.25, -0.2) is 0 Å². The summed E-state index contributed by atoms with van der Waals surface area (Å²) in [6.45, 7) is 12.5. The molecule has 1 aromatic rings. The van der Waals surface area contributed by atoms with Crippen molar-refractivity contribution in [2.75, 3.05) is 6.54 Å². The topological polar surface area (TPSA) is 32.3 Å². The van der Waals surface area contributed by atoms with E-state index in [1.165, 1.54) is 9.75 Å². The maximum atomic E-state index is 9.77. The van der Waals surface area contributed by atoms with Gasteiger partial charge in [-0.3, -0.25) is 0 Å². The predicted molar refractivity (Wildman–Crippen MR) is 80.2 cm³/mol. The van der Waals surface area contributed by atoms with Crippen LogP contribution in [0.2, 0.25) is 0 Å². The van der Waals surface area contributed by atoms with Gasteiger partial charge in [-0.15, -0.1) is 11.3 Å². The summed E-state index contributed by atoms with van der Waals surface area (Å²) >= 11 is 1.86. The molecule has 0 saturated heterocycles. The smallest absolute Gasteiger partial charge is 0.0667 e. The number of thiophene rings is 1. The third kappa shape index (κ3) is 5.51. The summed E-state index contributed by atoms with van der Waals surface area (Å²) in [7, 11) is 0. The van der Waals surface area contributed by atoms with Gasteiger partial charge >= 0.3 is 0 Å². The van der Waals surface area contributed by atoms with Crippen molar-refractivity contribution in [3.63, 3.8) is 0 Å². The van der Waals surface area contributed by atoms with Crippen molar-refractivity contribution in [2.24, 2.45) is 5.92 Å². The lowest BCUT2D eigenvalue weighted by atomic mass is 9.95. The highest BCUT2D eigenvalue weighted by atomic mass is 32.1. The zero-order valence-corrected chi connectivity index (χ0v) is 13.1. The summed E-state index contributed by atoms with van der Waals surface area (Å²) in [5, 5.41) is 13.1. The average molecular weight is 269 g/mol. The van der Waals surface area contributed by atoms with Gasteiger partial charge < -0.3 is 10.4 Å². The third-order valence-corrected chi connectivity index (χ3v) is 4.33. The molecule has 1 unspecified atom stereocenters. The van der Waals surface area contributed by atoms with E-state index >= 15 is 0 Å². The Morgan fingerprint density at radius 1 is 1.28 bits per heavy atom. The van der Waals surface area contributed by atoms with Crippen molar-refractivity contribution >= 4 is 11.3 Å². The minimum atomic E-state index is -0.230. The quantitative estimate of drug-likeness (QED) is 0.828. The molecule has 104 valence electrons. The van der Waals surface area contributed by atoms with Crippen LogP contribution in [0.25, 0.3) is 0 Å². The van der Waals surface area contributed by atoms with Crippen LogP contribution in [0.3, 0.4) is 0 Å². The molecular weight excluding hydrogens is 242 g/mol. The highest BCUT2D eigenvalue weighted by Crippen LogP contribution is 2.29. The van der Waals surface area contributed by atoms with Crippen LogP contribution in [0.15, 0.2) is 12.1 Å². The molecule has 0 fully saturated rings. The monoisotopic (exact) mass is 269 g/mol. The Labute approximate surface area is 115 Å². The average Bonchev–Trinajstić information content (AvgIpc) is 2.64. The highest BCUT2D eigenvalue weighted by Gasteiger charge is 2.15. The molecule has 18 heavy (non-hydrogen) atoms. The Morgan fingerprint density at radius 3 is 2.44 bits per heavy atom. The van der Waals surface area contributed by atoms with Crippen LogP contribution in [0.4, 0.5) is 0 Å². The fourth-order valence-corrected chi connectivity index (χ4v) is 2.90. The number of aliphatic hydroxyl groups is 1. The van der Waals surface area contributed by atoms with Crippen LogP contribution in [-0.2, 0) is 12.0 Å². The zero-order valence-electron chi connectivity index (χ0n) is 12.3. The van der Waals surface area contributed by atoms with Crippen LogP contribution in [0, 0.1) is 5.92 Å². The van der Waals surface area contributed by atoms with Crippen molar-refractivity contribution in [3.8, 4) is 0 Å². The lowest BCUT2D eigenvalue weighted by Crippen LogP contribution is -2.27. The van der Waals surface area contributed by atoms with E-state index in [-0.39, 0.29) is 11.5 Å². The Bertz CT molecular complexity index is 352. The van der Waals surface area contributed by atoms with Crippen LogP contribution < -0.4 is 5.32 Å². The molecule has 0 spiro atoms. The summed E-state index contributed by atoms with van der Waals surface area (Å²) in [4.78, 5) is 2.76. The number of nitrogens with one attached hydrogen (secondary N) is 1. The Hall–Kier alpha value is -0.380. The van der Waals surface area contributed by atoms with Gasteiger partial charge in [0.1, 0.15) is 0 Å². The van der Waals surface area contributed by atoms with Gasteiger partial charge in [0.2, 0.25) is 0 Å². The van der Waals surface area contributed by atoms with E-state index < -0.39 is 0 Å². The van der Waals surface area contributed by atoms with Crippen LogP contribution in [-0.4, -0.2) is 17.8 Å². The second-order valence-electron chi connectivity index (χ2n) is 6.43. The number of rotatable bonds is 6. The van der Waals surface area contributed by atoms with Gasteiger partial charge in [-0.1, -0.05) is 34.6 Å². The Balaban J connectivity index is 2.34. The van der Waals surface area contributed by atoms with Crippen LogP contribution in [0.1, 0.15) is 50.8 Å².